The number of hydrogen-bond acceptors (Lipinski definition) is 4. The molecule has 0 aliphatic carbocycles. The Kier molecular flexibility index (Phi) is 7.80. The third-order valence-electron chi connectivity index (χ3n) is 2.59. The van der Waals surface area contributed by atoms with E-state index in [2.05, 4.69) is 54.6 Å². The van der Waals surface area contributed by atoms with Crippen LogP contribution in [0.2, 0.25) is 18.8 Å². The minimum Gasteiger partial charge on any atom is -0.395 e. The van der Waals surface area contributed by atoms with Gasteiger partial charge in [0, 0.05) is 18.9 Å². The molecule has 0 aromatic carbocycles. The Morgan fingerprint density at radius 2 is 1.00 bits per heavy atom. The second kappa shape index (κ2) is 7.70. The molecule has 6 heteroatoms. The molecular weight excluding hydrogens is 300 g/mol. The highest BCUT2D eigenvalue weighted by Crippen LogP contribution is 2.31. The molecule has 0 aromatic heterocycles. The SMILES string of the molecule is CCO[Si](C)(C[Si](C)(OC(C)(C)C)OC(C)(C)C)OCC. The van der Waals surface area contributed by atoms with Crippen molar-refractivity contribution in [1.29, 1.82) is 0 Å². The Morgan fingerprint density at radius 1 is 0.667 bits per heavy atom. The molecule has 0 heterocycles. The molecule has 0 aromatic rings. The van der Waals surface area contributed by atoms with Crippen LogP contribution in [-0.4, -0.2) is 41.5 Å². The van der Waals surface area contributed by atoms with Crippen LogP contribution in [0.25, 0.3) is 0 Å². The normalized spacial score (nSPS) is 14.6. The topological polar surface area (TPSA) is 36.9 Å². The van der Waals surface area contributed by atoms with E-state index in [-0.39, 0.29) is 11.2 Å². The van der Waals surface area contributed by atoms with E-state index in [1.807, 2.05) is 13.8 Å². The van der Waals surface area contributed by atoms with E-state index in [1.54, 1.807) is 0 Å². The predicted molar refractivity (Wildman–Crippen MR) is 93.0 cm³/mol. The van der Waals surface area contributed by atoms with Crippen molar-refractivity contribution >= 4 is 17.1 Å². The molecule has 0 saturated heterocycles. The van der Waals surface area contributed by atoms with Gasteiger partial charge in [-0.05, 0) is 68.5 Å². The second-order valence-electron chi connectivity index (χ2n) is 7.74. The number of hydrogen-bond donors (Lipinski definition) is 0. The van der Waals surface area contributed by atoms with Gasteiger partial charge in [0.1, 0.15) is 0 Å². The molecule has 0 aliphatic rings. The van der Waals surface area contributed by atoms with Crippen molar-refractivity contribution in [2.24, 2.45) is 0 Å². The number of rotatable bonds is 8. The van der Waals surface area contributed by atoms with Crippen LogP contribution in [0.3, 0.4) is 0 Å². The maximum Gasteiger partial charge on any atom is 0.337 e. The van der Waals surface area contributed by atoms with Crippen molar-refractivity contribution in [3.8, 4) is 0 Å². The highest BCUT2D eigenvalue weighted by atomic mass is 28.4. The van der Waals surface area contributed by atoms with E-state index >= 15 is 0 Å². The molecule has 0 spiro atoms. The van der Waals surface area contributed by atoms with Gasteiger partial charge in [0.25, 0.3) is 0 Å². The van der Waals surface area contributed by atoms with E-state index in [9.17, 15) is 0 Å². The van der Waals surface area contributed by atoms with Crippen LogP contribution < -0.4 is 0 Å². The molecule has 0 fully saturated rings. The smallest absolute Gasteiger partial charge is 0.337 e. The van der Waals surface area contributed by atoms with Gasteiger partial charge in [0.05, 0.1) is 11.2 Å². The van der Waals surface area contributed by atoms with Gasteiger partial charge in [-0.1, -0.05) is 0 Å². The molecule has 0 saturated carbocycles. The first-order valence-corrected chi connectivity index (χ1v) is 13.0. The maximum absolute atomic E-state index is 6.38. The van der Waals surface area contributed by atoms with Crippen molar-refractivity contribution < 1.29 is 17.7 Å². The molecule has 0 N–H and O–H groups in total. The zero-order valence-electron chi connectivity index (χ0n) is 15.8. The Hall–Kier alpha value is 0.274. The Bertz CT molecular complexity index is 286. The highest BCUT2D eigenvalue weighted by molar-refractivity contribution is 6.85. The van der Waals surface area contributed by atoms with E-state index in [0.29, 0.717) is 13.2 Å². The summed E-state index contributed by atoms with van der Waals surface area (Å²) in [4.78, 5) is 0. The Morgan fingerprint density at radius 3 is 1.24 bits per heavy atom. The van der Waals surface area contributed by atoms with Crippen molar-refractivity contribution in [2.75, 3.05) is 13.2 Å². The van der Waals surface area contributed by atoms with E-state index < -0.39 is 17.1 Å². The summed E-state index contributed by atoms with van der Waals surface area (Å²) < 4.78 is 24.7. The van der Waals surface area contributed by atoms with Crippen molar-refractivity contribution in [1.82, 2.24) is 0 Å². The van der Waals surface area contributed by atoms with Crippen molar-refractivity contribution in [3.63, 3.8) is 0 Å². The van der Waals surface area contributed by atoms with Crippen LogP contribution in [0.15, 0.2) is 0 Å². The molecule has 21 heavy (non-hydrogen) atoms. The summed E-state index contributed by atoms with van der Waals surface area (Å²) in [5, 5.41) is 0. The Balaban J connectivity index is 5.28. The zero-order chi connectivity index (χ0) is 16.9. The van der Waals surface area contributed by atoms with E-state index in [0.717, 1.165) is 5.67 Å². The molecular formula is C15H36O4Si2. The third kappa shape index (κ3) is 9.81. The standard InChI is InChI=1S/C15H36O4Si2/c1-11-16-20(9,17-12-2)13-21(10,18-14(3,4)5)19-15(6,7)8/h11-13H2,1-10H3. The molecule has 128 valence electrons. The fourth-order valence-electron chi connectivity index (χ4n) is 2.73. The van der Waals surface area contributed by atoms with Gasteiger partial charge in [-0.15, -0.1) is 0 Å². The third-order valence-corrected chi connectivity index (χ3v) is 11.6. The fraction of sp³-hybridized carbons (Fsp3) is 1.00. The van der Waals surface area contributed by atoms with E-state index in [1.165, 1.54) is 0 Å². The summed E-state index contributed by atoms with van der Waals surface area (Å²) in [5.41, 5.74) is 0.302. The molecule has 0 atom stereocenters. The van der Waals surface area contributed by atoms with E-state index in [4.69, 9.17) is 17.7 Å². The predicted octanol–water partition coefficient (Wildman–Crippen LogP) is 4.37. The van der Waals surface area contributed by atoms with Crippen molar-refractivity contribution in [2.45, 2.75) is 85.4 Å². The first kappa shape index (κ1) is 21.3. The molecule has 0 radical (unpaired) electrons. The van der Waals surface area contributed by atoms with Gasteiger partial charge in [0.15, 0.2) is 0 Å². The van der Waals surface area contributed by atoms with Crippen LogP contribution in [0.4, 0.5) is 0 Å². The molecule has 0 amide bonds. The van der Waals surface area contributed by atoms with Gasteiger partial charge < -0.3 is 17.7 Å². The summed E-state index contributed by atoms with van der Waals surface area (Å²) in [7, 11) is -4.69. The quantitative estimate of drug-likeness (QED) is 0.617. The lowest BCUT2D eigenvalue weighted by atomic mass is 10.2. The van der Waals surface area contributed by atoms with Gasteiger partial charge in [0.2, 0.25) is 0 Å². The Labute approximate surface area is 134 Å². The lowest BCUT2D eigenvalue weighted by molar-refractivity contribution is 0.0181. The van der Waals surface area contributed by atoms with Crippen LogP contribution in [0.5, 0.6) is 0 Å². The summed E-state index contributed by atoms with van der Waals surface area (Å²) >= 11 is 0. The van der Waals surface area contributed by atoms with Crippen molar-refractivity contribution in [3.05, 3.63) is 0 Å². The summed E-state index contributed by atoms with van der Waals surface area (Å²) in [6, 6.07) is 0. The molecule has 4 nitrogen and oxygen atoms in total. The molecule has 0 bridgehead atoms. The lowest BCUT2D eigenvalue weighted by Gasteiger charge is -2.42. The first-order valence-electron chi connectivity index (χ1n) is 7.92. The largest absolute Gasteiger partial charge is 0.395 e. The van der Waals surface area contributed by atoms with Crippen LogP contribution in [0, 0.1) is 0 Å². The first-order chi connectivity index (χ1) is 9.24. The average molecular weight is 337 g/mol. The maximum atomic E-state index is 6.38. The zero-order valence-corrected chi connectivity index (χ0v) is 17.8. The van der Waals surface area contributed by atoms with Crippen LogP contribution in [-0.2, 0) is 17.7 Å². The van der Waals surface area contributed by atoms with Gasteiger partial charge in [-0.3, -0.25) is 0 Å². The summed E-state index contributed by atoms with van der Waals surface area (Å²) in [5.74, 6) is 0. The second-order valence-corrected chi connectivity index (χ2v) is 14.7. The average Bonchev–Trinajstić information content (AvgIpc) is 2.08. The minimum absolute atomic E-state index is 0.236. The minimum atomic E-state index is -2.42. The van der Waals surface area contributed by atoms with Crippen LogP contribution in [0.1, 0.15) is 55.4 Å². The summed E-state index contributed by atoms with van der Waals surface area (Å²) in [6.45, 7) is 22.0. The lowest BCUT2D eigenvalue weighted by Crippen LogP contribution is -2.56. The van der Waals surface area contributed by atoms with Gasteiger partial charge in [-0.25, -0.2) is 0 Å². The molecule has 0 aliphatic heterocycles. The van der Waals surface area contributed by atoms with Crippen LogP contribution >= 0.6 is 0 Å². The molecule has 0 rings (SSSR count). The molecule has 0 unspecified atom stereocenters. The fourth-order valence-corrected chi connectivity index (χ4v) is 12.7. The summed E-state index contributed by atoms with van der Waals surface area (Å²) in [6.07, 6.45) is 0. The van der Waals surface area contributed by atoms with Gasteiger partial charge in [-0.2, -0.15) is 0 Å². The monoisotopic (exact) mass is 336 g/mol. The highest BCUT2D eigenvalue weighted by Gasteiger charge is 2.48. The van der Waals surface area contributed by atoms with Gasteiger partial charge >= 0.3 is 17.1 Å².